The number of rotatable bonds is 6. The molecule has 8 nitrogen and oxygen atoms in total. The first-order valence-electron chi connectivity index (χ1n) is 8.24. The van der Waals surface area contributed by atoms with Crippen LogP contribution < -0.4 is 19.5 Å². The lowest BCUT2D eigenvalue weighted by molar-refractivity contribution is -0.159. The zero-order chi connectivity index (χ0) is 19.6. The highest BCUT2D eigenvalue weighted by atomic mass is 16.7. The molecule has 0 amide bonds. The van der Waals surface area contributed by atoms with Crippen molar-refractivity contribution >= 4 is 11.9 Å². The van der Waals surface area contributed by atoms with E-state index in [1.165, 1.54) is 0 Å². The van der Waals surface area contributed by atoms with Crippen LogP contribution in [0.3, 0.4) is 0 Å². The Morgan fingerprint density at radius 2 is 1.78 bits per heavy atom. The van der Waals surface area contributed by atoms with Crippen LogP contribution in [-0.2, 0) is 9.59 Å². The van der Waals surface area contributed by atoms with Crippen LogP contribution in [0.4, 0.5) is 0 Å². The number of aliphatic carboxylic acids is 2. The Hall–Kier alpha value is -3.26. The quantitative estimate of drug-likeness (QED) is 0.659. The maximum Gasteiger partial charge on any atom is 0.414 e. The number of hydrogen-bond acceptors (Lipinski definition) is 6. The third kappa shape index (κ3) is 5.89. The van der Waals surface area contributed by atoms with E-state index in [2.05, 4.69) is 17.4 Å². The third-order valence-corrected chi connectivity index (χ3v) is 3.64. The maximum atomic E-state index is 9.10. The average Bonchev–Trinajstić information content (AvgIpc) is 3.16. The van der Waals surface area contributed by atoms with E-state index >= 15 is 0 Å². The summed E-state index contributed by atoms with van der Waals surface area (Å²) in [5.74, 6) is -1.48. The lowest BCUT2D eigenvalue weighted by Gasteiger charge is -2.20. The first-order chi connectivity index (χ1) is 13.0. The number of benzene rings is 2. The summed E-state index contributed by atoms with van der Waals surface area (Å²) in [6.45, 7) is 1.13. The van der Waals surface area contributed by atoms with Gasteiger partial charge in [-0.2, -0.15) is 0 Å². The fraction of sp³-hybridized carbons (Fsp3) is 0.263. The Morgan fingerprint density at radius 3 is 2.41 bits per heavy atom. The lowest BCUT2D eigenvalue weighted by Crippen LogP contribution is -2.16. The molecule has 1 heterocycles. The van der Waals surface area contributed by atoms with Gasteiger partial charge >= 0.3 is 11.9 Å². The second-order valence-electron chi connectivity index (χ2n) is 5.51. The van der Waals surface area contributed by atoms with Gasteiger partial charge in [-0.25, -0.2) is 9.59 Å². The van der Waals surface area contributed by atoms with Gasteiger partial charge in [-0.1, -0.05) is 36.4 Å². The highest BCUT2D eigenvalue weighted by molar-refractivity contribution is 6.27. The smallest absolute Gasteiger partial charge is 0.414 e. The highest BCUT2D eigenvalue weighted by Gasteiger charge is 2.21. The molecule has 0 saturated heterocycles. The van der Waals surface area contributed by atoms with Gasteiger partial charge in [0.1, 0.15) is 6.10 Å². The number of fused-ring (bicyclic) bond motifs is 1. The predicted octanol–water partition coefficient (Wildman–Crippen LogP) is 2.30. The largest absolute Gasteiger partial charge is 0.482 e. The maximum absolute atomic E-state index is 9.10. The normalized spacial score (nSPS) is 12.5. The molecule has 3 N–H and O–H groups in total. The number of hydrogen-bond donors (Lipinski definition) is 3. The average molecular weight is 375 g/mol. The van der Waals surface area contributed by atoms with Crippen molar-refractivity contribution < 1.29 is 34.0 Å². The van der Waals surface area contributed by atoms with Crippen molar-refractivity contribution in [1.82, 2.24) is 5.32 Å². The zero-order valence-corrected chi connectivity index (χ0v) is 14.8. The Labute approximate surface area is 156 Å². The number of carbonyl (C=O) groups is 2. The van der Waals surface area contributed by atoms with Gasteiger partial charge in [-0.3, -0.25) is 0 Å². The molecule has 0 radical (unpaired) electrons. The number of carboxylic acids is 2. The standard InChI is InChI=1S/C17H19NO3.C2H2O4/c1-18-11-10-14(13-6-3-2-4-7-13)21-16-9-5-8-15-17(16)20-12-19-15;3-1(4)2(5)6/h2-9,14,18H,10-12H2,1H3;(H,3,4)(H,5,6)/t14-;/m1./s1. The van der Waals surface area contributed by atoms with Crippen molar-refractivity contribution in [3.8, 4) is 17.2 Å². The minimum atomic E-state index is -1.82. The molecule has 0 aromatic heterocycles. The number of para-hydroxylation sites is 1. The van der Waals surface area contributed by atoms with Gasteiger partial charge in [0.05, 0.1) is 0 Å². The molecular weight excluding hydrogens is 354 g/mol. The number of ether oxygens (including phenoxy) is 3. The summed E-state index contributed by atoms with van der Waals surface area (Å²) in [4.78, 5) is 18.2. The molecule has 2 aromatic carbocycles. The molecule has 0 bridgehead atoms. The zero-order valence-electron chi connectivity index (χ0n) is 14.8. The molecular formula is C19H21NO7. The van der Waals surface area contributed by atoms with E-state index in [1.807, 2.05) is 43.4 Å². The van der Waals surface area contributed by atoms with Crippen molar-refractivity contribution in [2.75, 3.05) is 20.4 Å². The Morgan fingerprint density at radius 1 is 1.07 bits per heavy atom. The van der Waals surface area contributed by atoms with Crippen LogP contribution in [0.15, 0.2) is 48.5 Å². The minimum absolute atomic E-state index is 0.0191. The Kier molecular flexibility index (Phi) is 7.45. The van der Waals surface area contributed by atoms with Crippen LogP contribution in [0.1, 0.15) is 18.1 Å². The van der Waals surface area contributed by atoms with Crippen LogP contribution in [0.25, 0.3) is 0 Å². The summed E-state index contributed by atoms with van der Waals surface area (Å²) in [5, 5.41) is 18.0. The van der Waals surface area contributed by atoms with Gasteiger partial charge in [0.25, 0.3) is 0 Å². The van der Waals surface area contributed by atoms with E-state index in [-0.39, 0.29) is 12.9 Å². The molecule has 0 spiro atoms. The summed E-state index contributed by atoms with van der Waals surface area (Å²) in [6.07, 6.45) is 0.861. The van der Waals surface area contributed by atoms with Crippen molar-refractivity contribution in [3.05, 3.63) is 54.1 Å². The summed E-state index contributed by atoms with van der Waals surface area (Å²) in [5.41, 5.74) is 1.16. The van der Waals surface area contributed by atoms with Crippen LogP contribution in [-0.4, -0.2) is 42.5 Å². The summed E-state index contributed by atoms with van der Waals surface area (Å²) < 4.78 is 17.1. The lowest BCUT2D eigenvalue weighted by atomic mass is 10.1. The van der Waals surface area contributed by atoms with Gasteiger partial charge in [0.2, 0.25) is 12.5 Å². The van der Waals surface area contributed by atoms with Crippen LogP contribution in [0, 0.1) is 0 Å². The highest BCUT2D eigenvalue weighted by Crippen LogP contribution is 2.42. The summed E-state index contributed by atoms with van der Waals surface area (Å²) >= 11 is 0. The fourth-order valence-corrected chi connectivity index (χ4v) is 2.39. The van der Waals surface area contributed by atoms with Crippen LogP contribution in [0.5, 0.6) is 17.2 Å². The van der Waals surface area contributed by atoms with E-state index in [1.54, 1.807) is 0 Å². The second kappa shape index (κ2) is 10.0. The monoisotopic (exact) mass is 375 g/mol. The van der Waals surface area contributed by atoms with E-state index < -0.39 is 11.9 Å². The molecule has 2 aromatic rings. The Bertz CT molecular complexity index is 752. The minimum Gasteiger partial charge on any atom is -0.482 e. The number of carboxylic acid groups (broad SMARTS) is 2. The molecule has 1 aliphatic heterocycles. The van der Waals surface area contributed by atoms with Gasteiger partial charge in [0.15, 0.2) is 11.5 Å². The van der Waals surface area contributed by atoms with E-state index in [0.29, 0.717) is 5.75 Å². The van der Waals surface area contributed by atoms with E-state index in [0.717, 1.165) is 30.0 Å². The first kappa shape index (κ1) is 20.1. The SMILES string of the molecule is CNCC[C@@H](Oc1cccc2c1OCO2)c1ccccc1.O=C(O)C(=O)O. The summed E-state index contributed by atoms with van der Waals surface area (Å²) in [6, 6.07) is 16.0. The third-order valence-electron chi connectivity index (χ3n) is 3.64. The molecule has 0 saturated carbocycles. The fourth-order valence-electron chi connectivity index (χ4n) is 2.39. The van der Waals surface area contributed by atoms with Gasteiger partial charge in [-0.15, -0.1) is 0 Å². The molecule has 1 atom stereocenters. The number of nitrogens with one attached hydrogen (secondary N) is 1. The van der Waals surface area contributed by atoms with Gasteiger partial charge < -0.3 is 29.7 Å². The van der Waals surface area contributed by atoms with E-state index in [4.69, 9.17) is 34.0 Å². The molecule has 0 unspecified atom stereocenters. The van der Waals surface area contributed by atoms with Crippen LogP contribution in [0.2, 0.25) is 0 Å². The molecule has 27 heavy (non-hydrogen) atoms. The topological polar surface area (TPSA) is 114 Å². The van der Waals surface area contributed by atoms with Crippen molar-refractivity contribution in [2.45, 2.75) is 12.5 Å². The van der Waals surface area contributed by atoms with Crippen molar-refractivity contribution in [1.29, 1.82) is 0 Å². The molecule has 3 rings (SSSR count). The predicted molar refractivity (Wildman–Crippen MR) is 96.2 cm³/mol. The van der Waals surface area contributed by atoms with Crippen molar-refractivity contribution in [3.63, 3.8) is 0 Å². The second-order valence-corrected chi connectivity index (χ2v) is 5.51. The Balaban J connectivity index is 0.000000380. The van der Waals surface area contributed by atoms with Crippen LogP contribution >= 0.6 is 0 Å². The van der Waals surface area contributed by atoms with Gasteiger partial charge in [0, 0.05) is 6.42 Å². The molecule has 0 aliphatic carbocycles. The first-order valence-corrected chi connectivity index (χ1v) is 8.24. The molecule has 1 aliphatic rings. The van der Waals surface area contributed by atoms with E-state index in [9.17, 15) is 0 Å². The summed E-state index contributed by atoms with van der Waals surface area (Å²) in [7, 11) is 1.94. The molecule has 0 fully saturated rings. The molecule has 8 heteroatoms. The molecule has 144 valence electrons. The van der Waals surface area contributed by atoms with Gasteiger partial charge in [-0.05, 0) is 31.3 Å². The van der Waals surface area contributed by atoms with Crippen molar-refractivity contribution in [2.24, 2.45) is 0 Å².